The highest BCUT2D eigenvalue weighted by Gasteiger charge is 2.13. The first-order chi connectivity index (χ1) is 7.49. The molecule has 0 atom stereocenters. The summed E-state index contributed by atoms with van der Waals surface area (Å²) in [5, 5.41) is -0.718. The SMILES string of the molecule is CC(=O)Oc1ccc(C(=O)SC(F)F)cc1. The van der Waals surface area contributed by atoms with Crippen molar-refractivity contribution in [3.05, 3.63) is 29.8 Å². The van der Waals surface area contributed by atoms with E-state index >= 15 is 0 Å². The molecule has 0 aliphatic rings. The fraction of sp³-hybridized carbons (Fsp3) is 0.200. The van der Waals surface area contributed by atoms with Gasteiger partial charge < -0.3 is 4.74 Å². The van der Waals surface area contributed by atoms with Crippen molar-refractivity contribution in [2.75, 3.05) is 0 Å². The van der Waals surface area contributed by atoms with Crippen LogP contribution in [0.2, 0.25) is 0 Å². The van der Waals surface area contributed by atoms with E-state index in [1.807, 2.05) is 0 Å². The second-order valence-electron chi connectivity index (χ2n) is 2.78. The zero-order chi connectivity index (χ0) is 12.1. The molecular weight excluding hydrogens is 238 g/mol. The van der Waals surface area contributed by atoms with Gasteiger partial charge in [0.1, 0.15) is 5.75 Å². The lowest BCUT2D eigenvalue weighted by molar-refractivity contribution is -0.131. The Morgan fingerprint density at radius 2 is 1.81 bits per heavy atom. The largest absolute Gasteiger partial charge is 0.427 e. The minimum Gasteiger partial charge on any atom is -0.427 e. The molecule has 1 rings (SSSR count). The zero-order valence-electron chi connectivity index (χ0n) is 8.28. The van der Waals surface area contributed by atoms with Gasteiger partial charge in [0, 0.05) is 12.5 Å². The summed E-state index contributed by atoms with van der Waals surface area (Å²) in [4.78, 5) is 21.7. The Kier molecular flexibility index (Phi) is 4.42. The maximum Gasteiger partial charge on any atom is 0.308 e. The van der Waals surface area contributed by atoms with Gasteiger partial charge in [0.15, 0.2) is 0 Å². The number of carbonyl (C=O) groups excluding carboxylic acids is 2. The predicted octanol–water partition coefficient (Wildman–Crippen LogP) is 2.71. The van der Waals surface area contributed by atoms with Crippen molar-refractivity contribution in [1.82, 2.24) is 0 Å². The summed E-state index contributed by atoms with van der Waals surface area (Å²) >= 11 is -0.0527. The monoisotopic (exact) mass is 246 g/mol. The summed E-state index contributed by atoms with van der Waals surface area (Å²) in [6.45, 7) is 1.24. The van der Waals surface area contributed by atoms with E-state index in [1.54, 1.807) is 0 Å². The number of alkyl halides is 2. The molecule has 0 fully saturated rings. The van der Waals surface area contributed by atoms with E-state index in [2.05, 4.69) is 0 Å². The van der Waals surface area contributed by atoms with Crippen LogP contribution in [0.25, 0.3) is 0 Å². The summed E-state index contributed by atoms with van der Waals surface area (Å²) < 4.78 is 28.5. The van der Waals surface area contributed by atoms with Crippen LogP contribution in [-0.2, 0) is 4.79 Å². The van der Waals surface area contributed by atoms with Gasteiger partial charge in [-0.25, -0.2) is 0 Å². The van der Waals surface area contributed by atoms with E-state index in [-0.39, 0.29) is 23.1 Å². The summed E-state index contributed by atoms with van der Waals surface area (Å²) in [5.74, 6) is -2.95. The smallest absolute Gasteiger partial charge is 0.308 e. The first-order valence-corrected chi connectivity index (χ1v) is 5.14. The summed E-state index contributed by atoms with van der Waals surface area (Å²) in [7, 11) is 0. The molecular formula is C10H8F2O3S. The Labute approximate surface area is 94.8 Å². The average molecular weight is 246 g/mol. The molecule has 1 aromatic rings. The highest BCUT2D eigenvalue weighted by atomic mass is 32.2. The molecule has 1 aromatic carbocycles. The van der Waals surface area contributed by atoms with Gasteiger partial charge in [-0.05, 0) is 36.0 Å². The molecule has 0 amide bonds. The van der Waals surface area contributed by atoms with Crippen molar-refractivity contribution in [3.63, 3.8) is 0 Å². The normalized spacial score (nSPS) is 10.2. The van der Waals surface area contributed by atoms with Crippen molar-refractivity contribution in [1.29, 1.82) is 0 Å². The molecule has 0 aromatic heterocycles. The molecule has 0 bridgehead atoms. The molecule has 0 N–H and O–H groups in total. The molecule has 0 unspecified atom stereocenters. The third kappa shape index (κ3) is 3.98. The third-order valence-electron chi connectivity index (χ3n) is 1.55. The van der Waals surface area contributed by atoms with Crippen LogP contribution in [0.3, 0.4) is 0 Å². The standard InChI is InChI=1S/C10H8F2O3S/c1-6(13)15-8-4-2-7(3-5-8)9(14)16-10(11)12/h2-5,10H,1H3. The Morgan fingerprint density at radius 3 is 2.25 bits per heavy atom. The fourth-order valence-corrected chi connectivity index (χ4v) is 1.41. The molecule has 0 aliphatic heterocycles. The van der Waals surface area contributed by atoms with Gasteiger partial charge in [-0.3, -0.25) is 9.59 Å². The maximum atomic E-state index is 11.9. The summed E-state index contributed by atoms with van der Waals surface area (Å²) in [6, 6.07) is 5.41. The van der Waals surface area contributed by atoms with E-state index < -0.39 is 16.8 Å². The zero-order valence-corrected chi connectivity index (χ0v) is 9.09. The molecule has 3 nitrogen and oxygen atoms in total. The maximum absolute atomic E-state index is 11.9. The molecule has 6 heteroatoms. The van der Waals surface area contributed by atoms with Crippen molar-refractivity contribution in [3.8, 4) is 5.75 Å². The lowest BCUT2D eigenvalue weighted by atomic mass is 10.2. The van der Waals surface area contributed by atoms with Crippen LogP contribution in [0.1, 0.15) is 17.3 Å². The number of ether oxygens (including phenoxy) is 1. The van der Waals surface area contributed by atoms with Gasteiger partial charge in [0.05, 0.1) is 0 Å². The average Bonchev–Trinajstić information content (AvgIpc) is 2.16. The second kappa shape index (κ2) is 5.60. The Bertz CT molecular complexity index is 390. The number of carbonyl (C=O) groups is 2. The molecule has 0 saturated heterocycles. The highest BCUT2D eigenvalue weighted by molar-refractivity contribution is 8.14. The van der Waals surface area contributed by atoms with Crippen LogP contribution in [0.15, 0.2) is 24.3 Å². The second-order valence-corrected chi connectivity index (χ2v) is 3.75. The van der Waals surface area contributed by atoms with Crippen molar-refractivity contribution < 1.29 is 23.1 Å². The van der Waals surface area contributed by atoms with Crippen LogP contribution in [0.5, 0.6) is 5.75 Å². The highest BCUT2D eigenvalue weighted by Crippen LogP contribution is 2.21. The van der Waals surface area contributed by atoms with Gasteiger partial charge in [0.2, 0.25) is 5.12 Å². The number of hydrogen-bond donors (Lipinski definition) is 0. The topological polar surface area (TPSA) is 43.4 Å². The molecule has 86 valence electrons. The van der Waals surface area contributed by atoms with Crippen LogP contribution in [-0.4, -0.2) is 16.8 Å². The Balaban J connectivity index is 2.71. The molecule has 16 heavy (non-hydrogen) atoms. The number of halogens is 2. The number of benzene rings is 1. The van der Waals surface area contributed by atoms with Gasteiger partial charge in [-0.1, -0.05) is 0 Å². The van der Waals surface area contributed by atoms with Gasteiger partial charge >= 0.3 is 5.97 Å². The van der Waals surface area contributed by atoms with E-state index in [0.717, 1.165) is 0 Å². The minimum absolute atomic E-state index is 0.0527. The molecule has 0 saturated carbocycles. The summed E-state index contributed by atoms with van der Waals surface area (Å²) in [6.07, 6.45) is 0. The van der Waals surface area contributed by atoms with Crippen LogP contribution < -0.4 is 4.74 Å². The molecule has 0 aliphatic carbocycles. The number of hydrogen-bond acceptors (Lipinski definition) is 4. The molecule has 0 heterocycles. The van der Waals surface area contributed by atoms with Crippen LogP contribution in [0, 0.1) is 0 Å². The molecule has 0 radical (unpaired) electrons. The van der Waals surface area contributed by atoms with Gasteiger partial charge in [0.25, 0.3) is 5.76 Å². The quantitative estimate of drug-likeness (QED) is 0.607. The van der Waals surface area contributed by atoms with E-state index in [9.17, 15) is 18.4 Å². The van der Waals surface area contributed by atoms with Crippen LogP contribution in [0.4, 0.5) is 8.78 Å². The van der Waals surface area contributed by atoms with Crippen molar-refractivity contribution in [2.45, 2.75) is 12.7 Å². The minimum atomic E-state index is -2.74. The summed E-state index contributed by atoms with van der Waals surface area (Å²) in [5.41, 5.74) is 0.140. The molecule has 0 spiro atoms. The van der Waals surface area contributed by atoms with E-state index in [0.29, 0.717) is 0 Å². The lowest BCUT2D eigenvalue weighted by Crippen LogP contribution is -2.02. The van der Waals surface area contributed by atoms with Gasteiger partial charge in [-0.15, -0.1) is 0 Å². The van der Waals surface area contributed by atoms with E-state index in [4.69, 9.17) is 4.74 Å². The van der Waals surface area contributed by atoms with Crippen molar-refractivity contribution in [2.24, 2.45) is 0 Å². The first kappa shape index (κ1) is 12.6. The number of esters is 1. The number of thioether (sulfide) groups is 1. The van der Waals surface area contributed by atoms with Gasteiger partial charge in [-0.2, -0.15) is 8.78 Å². The van der Waals surface area contributed by atoms with Crippen molar-refractivity contribution >= 4 is 22.8 Å². The Hall–Kier alpha value is -1.43. The van der Waals surface area contributed by atoms with Crippen LogP contribution >= 0.6 is 11.8 Å². The third-order valence-corrected chi connectivity index (χ3v) is 2.18. The predicted molar refractivity (Wildman–Crippen MR) is 55.7 cm³/mol. The number of rotatable bonds is 3. The first-order valence-electron chi connectivity index (χ1n) is 4.26. The van der Waals surface area contributed by atoms with E-state index in [1.165, 1.54) is 31.2 Å². The lowest BCUT2D eigenvalue weighted by Gasteiger charge is -2.02. The Morgan fingerprint density at radius 1 is 1.25 bits per heavy atom. The fourth-order valence-electron chi connectivity index (χ4n) is 0.974.